The number of rotatable bonds is 7. The second kappa shape index (κ2) is 10.4. The van der Waals surface area contributed by atoms with E-state index in [1.807, 2.05) is 20.8 Å². The number of nitrogens with zero attached hydrogens (tertiary/aromatic N) is 1. The van der Waals surface area contributed by atoms with Crippen molar-refractivity contribution in [3.8, 4) is 0 Å². The second-order valence-electron chi connectivity index (χ2n) is 8.58. The highest BCUT2D eigenvalue weighted by Gasteiger charge is 2.32. The molecule has 2 rings (SSSR count). The second-order valence-corrected chi connectivity index (χ2v) is 8.58. The number of hydrogen-bond donors (Lipinski definition) is 2. The fourth-order valence-electron chi connectivity index (χ4n) is 3.30. The molecule has 1 aliphatic rings. The molecule has 8 heteroatoms. The van der Waals surface area contributed by atoms with Crippen molar-refractivity contribution >= 4 is 17.9 Å². The summed E-state index contributed by atoms with van der Waals surface area (Å²) in [5.41, 5.74) is 0.176. The van der Waals surface area contributed by atoms with Crippen LogP contribution in [0.4, 0.5) is 9.18 Å². The van der Waals surface area contributed by atoms with Crippen molar-refractivity contribution in [2.75, 3.05) is 19.6 Å². The molecule has 0 spiro atoms. The molecule has 1 fully saturated rings. The molecule has 30 heavy (non-hydrogen) atoms. The van der Waals surface area contributed by atoms with Crippen LogP contribution in [0.15, 0.2) is 18.2 Å². The van der Waals surface area contributed by atoms with E-state index in [4.69, 9.17) is 4.74 Å². The first-order chi connectivity index (χ1) is 14.1. The topological polar surface area (TPSA) is 87.7 Å². The van der Waals surface area contributed by atoms with Crippen LogP contribution >= 0.6 is 0 Å². The number of ether oxygens (including phenoxy) is 1. The smallest absolute Gasteiger partial charge is 0.410 e. The van der Waals surface area contributed by atoms with E-state index in [0.29, 0.717) is 24.9 Å². The quantitative estimate of drug-likeness (QED) is 0.662. The van der Waals surface area contributed by atoms with Gasteiger partial charge in [-0.1, -0.05) is 6.07 Å². The van der Waals surface area contributed by atoms with E-state index < -0.39 is 11.4 Å². The summed E-state index contributed by atoms with van der Waals surface area (Å²) < 4.78 is 19.0. The van der Waals surface area contributed by atoms with Gasteiger partial charge in [0.25, 0.3) is 5.91 Å². The molecule has 0 aromatic heterocycles. The number of carbonyl (C=O) groups excluding carboxylic acids is 3. The Morgan fingerprint density at radius 3 is 2.57 bits per heavy atom. The summed E-state index contributed by atoms with van der Waals surface area (Å²) in [6, 6.07) is 4.31. The number of carbonyl (C=O) groups is 3. The summed E-state index contributed by atoms with van der Waals surface area (Å²) in [7, 11) is 0. The normalized spacial score (nSPS) is 16.3. The lowest BCUT2D eigenvalue weighted by molar-refractivity contribution is -0.121. The van der Waals surface area contributed by atoms with Gasteiger partial charge in [-0.05, 0) is 64.7 Å². The summed E-state index contributed by atoms with van der Waals surface area (Å²) >= 11 is 0. The van der Waals surface area contributed by atoms with Crippen molar-refractivity contribution in [1.82, 2.24) is 15.5 Å². The fourth-order valence-corrected chi connectivity index (χ4v) is 3.30. The van der Waals surface area contributed by atoms with Crippen LogP contribution in [0.2, 0.25) is 0 Å². The minimum Gasteiger partial charge on any atom is -0.444 e. The van der Waals surface area contributed by atoms with Gasteiger partial charge in [-0.3, -0.25) is 9.59 Å². The van der Waals surface area contributed by atoms with Crippen LogP contribution in [-0.4, -0.2) is 54.1 Å². The van der Waals surface area contributed by atoms with Crippen molar-refractivity contribution < 1.29 is 23.5 Å². The number of hydrogen-bond acceptors (Lipinski definition) is 4. The minimum atomic E-state index is -0.545. The first kappa shape index (κ1) is 23.6. The van der Waals surface area contributed by atoms with Gasteiger partial charge in [0.05, 0.1) is 0 Å². The average Bonchev–Trinajstić information content (AvgIpc) is 3.13. The number of halogens is 1. The van der Waals surface area contributed by atoms with Gasteiger partial charge in [-0.25, -0.2) is 9.18 Å². The standard InChI is InChI=1S/C22H32FN3O4/c1-15-7-8-16(14-18(15)23)20(28)25-12-11-24-19(27)10-9-17-6-5-13-26(17)21(29)30-22(2,3)4/h7-8,14,17H,5-6,9-13H2,1-4H3,(H,24,27)(H,25,28)/t17-/m1/s1. The Labute approximate surface area is 177 Å². The molecule has 0 aliphatic carbocycles. The number of nitrogens with one attached hydrogen (secondary N) is 2. The predicted molar refractivity (Wildman–Crippen MR) is 112 cm³/mol. The molecular formula is C22H32FN3O4. The van der Waals surface area contributed by atoms with E-state index in [1.54, 1.807) is 24.0 Å². The van der Waals surface area contributed by atoms with Crippen molar-refractivity contribution in [3.05, 3.63) is 35.1 Å². The summed E-state index contributed by atoms with van der Waals surface area (Å²) in [5, 5.41) is 5.41. The molecule has 1 aliphatic heterocycles. The Kier molecular flexibility index (Phi) is 8.20. The third-order valence-corrected chi connectivity index (χ3v) is 4.88. The summed E-state index contributed by atoms with van der Waals surface area (Å²) in [5.74, 6) is -0.952. The molecule has 7 nitrogen and oxygen atoms in total. The van der Waals surface area contributed by atoms with Gasteiger partial charge in [0, 0.05) is 37.7 Å². The van der Waals surface area contributed by atoms with E-state index in [9.17, 15) is 18.8 Å². The monoisotopic (exact) mass is 421 g/mol. The van der Waals surface area contributed by atoms with Crippen molar-refractivity contribution in [2.45, 2.75) is 65.0 Å². The zero-order valence-electron chi connectivity index (χ0n) is 18.2. The molecule has 0 bridgehead atoms. The lowest BCUT2D eigenvalue weighted by atomic mass is 10.1. The van der Waals surface area contributed by atoms with E-state index in [0.717, 1.165) is 12.8 Å². The maximum Gasteiger partial charge on any atom is 0.410 e. The average molecular weight is 422 g/mol. The fraction of sp³-hybridized carbons (Fsp3) is 0.591. The van der Waals surface area contributed by atoms with Gasteiger partial charge in [0.2, 0.25) is 5.91 Å². The third kappa shape index (κ3) is 7.31. The summed E-state index contributed by atoms with van der Waals surface area (Å²) in [6.07, 6.45) is 2.29. The highest BCUT2D eigenvalue weighted by Crippen LogP contribution is 2.23. The van der Waals surface area contributed by atoms with Crippen LogP contribution in [0.5, 0.6) is 0 Å². The molecule has 1 atom stereocenters. The molecule has 0 radical (unpaired) electrons. The van der Waals surface area contributed by atoms with E-state index >= 15 is 0 Å². The zero-order chi connectivity index (χ0) is 22.3. The molecule has 1 aromatic carbocycles. The van der Waals surface area contributed by atoms with Crippen molar-refractivity contribution in [3.63, 3.8) is 0 Å². The number of benzene rings is 1. The first-order valence-corrected chi connectivity index (χ1v) is 10.4. The first-order valence-electron chi connectivity index (χ1n) is 10.4. The lowest BCUT2D eigenvalue weighted by Gasteiger charge is -2.28. The molecule has 1 saturated heterocycles. The molecule has 2 N–H and O–H groups in total. The van der Waals surface area contributed by atoms with Crippen LogP contribution in [0.3, 0.4) is 0 Å². The van der Waals surface area contributed by atoms with E-state index in [2.05, 4.69) is 10.6 Å². The predicted octanol–water partition coefficient (Wildman–Crippen LogP) is 3.16. The Bertz CT molecular complexity index is 776. The van der Waals surface area contributed by atoms with E-state index in [1.165, 1.54) is 6.07 Å². The Hall–Kier alpha value is -2.64. The van der Waals surface area contributed by atoms with Crippen LogP contribution in [0, 0.1) is 12.7 Å². The number of likely N-dealkylation sites (tertiary alicyclic amines) is 1. The highest BCUT2D eigenvalue weighted by atomic mass is 19.1. The Balaban J connectivity index is 1.67. The van der Waals surface area contributed by atoms with Crippen molar-refractivity contribution in [2.24, 2.45) is 0 Å². The van der Waals surface area contributed by atoms with E-state index in [-0.39, 0.29) is 42.6 Å². The summed E-state index contributed by atoms with van der Waals surface area (Å²) in [4.78, 5) is 38.1. The Morgan fingerprint density at radius 1 is 1.20 bits per heavy atom. The van der Waals surface area contributed by atoms with Gasteiger partial charge in [0.1, 0.15) is 11.4 Å². The largest absolute Gasteiger partial charge is 0.444 e. The van der Waals surface area contributed by atoms with Crippen LogP contribution in [0.1, 0.15) is 62.4 Å². The van der Waals surface area contributed by atoms with Gasteiger partial charge >= 0.3 is 6.09 Å². The summed E-state index contributed by atoms with van der Waals surface area (Å²) in [6.45, 7) is 8.29. The molecule has 1 aromatic rings. The van der Waals surface area contributed by atoms with Gasteiger partial charge in [-0.2, -0.15) is 0 Å². The van der Waals surface area contributed by atoms with Crippen molar-refractivity contribution in [1.29, 1.82) is 0 Å². The van der Waals surface area contributed by atoms with Crippen LogP contribution < -0.4 is 10.6 Å². The maximum atomic E-state index is 13.5. The molecule has 0 unspecified atom stereocenters. The molecule has 166 valence electrons. The minimum absolute atomic E-state index is 0.00161. The SMILES string of the molecule is Cc1ccc(C(=O)NCCNC(=O)CC[C@H]2CCCN2C(=O)OC(C)(C)C)cc1F. The van der Waals surface area contributed by atoms with Gasteiger partial charge in [0.15, 0.2) is 0 Å². The molecule has 0 saturated carbocycles. The molecule has 3 amide bonds. The zero-order valence-corrected chi connectivity index (χ0v) is 18.2. The number of amides is 3. The van der Waals surface area contributed by atoms with Gasteiger partial charge in [-0.15, -0.1) is 0 Å². The third-order valence-electron chi connectivity index (χ3n) is 4.88. The molecular weight excluding hydrogens is 389 g/mol. The maximum absolute atomic E-state index is 13.5. The van der Waals surface area contributed by atoms with Gasteiger partial charge < -0.3 is 20.3 Å². The number of aryl methyl sites for hydroxylation is 1. The highest BCUT2D eigenvalue weighted by molar-refractivity contribution is 5.94. The molecule has 1 heterocycles. The lowest BCUT2D eigenvalue weighted by Crippen LogP contribution is -2.40. The Morgan fingerprint density at radius 2 is 1.90 bits per heavy atom. The van der Waals surface area contributed by atoms with Crippen LogP contribution in [-0.2, 0) is 9.53 Å². The van der Waals surface area contributed by atoms with Crippen LogP contribution in [0.25, 0.3) is 0 Å².